The fourth-order valence-corrected chi connectivity index (χ4v) is 4.50. The molecule has 2 nitrogen and oxygen atoms in total. The lowest BCUT2D eigenvalue weighted by atomic mass is 10.0. The number of hydrogen-bond acceptors (Lipinski definition) is 4. The number of thioether (sulfide) groups is 2. The van der Waals surface area contributed by atoms with Gasteiger partial charge in [-0.05, 0) is 44.0 Å². The van der Waals surface area contributed by atoms with Crippen LogP contribution in [0.1, 0.15) is 12.8 Å². The normalized spacial score (nSPS) is 23.3. The molecule has 1 N–H and O–H groups in total. The molecule has 0 aliphatic carbocycles. The van der Waals surface area contributed by atoms with Gasteiger partial charge < -0.3 is 5.32 Å². The summed E-state index contributed by atoms with van der Waals surface area (Å²) in [6.07, 6.45) is 2.70. The van der Waals surface area contributed by atoms with Crippen LogP contribution < -0.4 is 5.32 Å². The molecule has 2 heterocycles. The third kappa shape index (κ3) is 3.11. The molecule has 96 valence electrons. The predicted octanol–water partition coefficient (Wildman–Crippen LogP) is 3.56. The highest BCUT2D eigenvalue weighted by Gasteiger charge is 2.16. The quantitative estimate of drug-likeness (QED) is 0.895. The number of hydrogen-bond donors (Lipinski definition) is 1. The average molecular weight is 278 g/mol. The average Bonchev–Trinajstić information content (AvgIpc) is 2.46. The number of fused-ring (bicyclic) bond motifs is 1. The van der Waals surface area contributed by atoms with Gasteiger partial charge in [-0.25, -0.2) is 4.99 Å². The molecule has 18 heavy (non-hydrogen) atoms. The first-order chi connectivity index (χ1) is 8.92. The predicted molar refractivity (Wildman–Crippen MR) is 82.3 cm³/mol. The summed E-state index contributed by atoms with van der Waals surface area (Å²) in [6.45, 7) is 2.38. The first-order valence-corrected chi connectivity index (χ1v) is 8.52. The summed E-state index contributed by atoms with van der Waals surface area (Å²) in [5, 5.41) is 4.78. The zero-order valence-corrected chi connectivity index (χ0v) is 12.0. The van der Waals surface area contributed by atoms with Crippen LogP contribution in [0.2, 0.25) is 0 Å². The first-order valence-electron chi connectivity index (χ1n) is 6.55. The molecule has 1 aromatic rings. The zero-order chi connectivity index (χ0) is 12.2. The van der Waals surface area contributed by atoms with Gasteiger partial charge in [0.2, 0.25) is 0 Å². The molecule has 1 atom stereocenters. The van der Waals surface area contributed by atoms with Crippen molar-refractivity contribution in [3.8, 4) is 0 Å². The third-order valence-electron chi connectivity index (χ3n) is 3.35. The van der Waals surface area contributed by atoms with Crippen LogP contribution in [0.5, 0.6) is 0 Å². The van der Waals surface area contributed by atoms with Crippen molar-refractivity contribution in [1.29, 1.82) is 0 Å². The van der Waals surface area contributed by atoms with E-state index in [9.17, 15) is 0 Å². The topological polar surface area (TPSA) is 24.4 Å². The molecule has 1 saturated heterocycles. The number of rotatable bonds is 2. The van der Waals surface area contributed by atoms with Crippen molar-refractivity contribution < 1.29 is 0 Å². The van der Waals surface area contributed by atoms with Crippen LogP contribution in [-0.4, -0.2) is 29.6 Å². The Morgan fingerprint density at radius 2 is 2.33 bits per heavy atom. The second kappa shape index (κ2) is 6.13. The number of nitrogens with zero attached hydrogens (tertiary/aromatic N) is 1. The lowest BCUT2D eigenvalue weighted by molar-refractivity contribution is 0.411. The SMILES string of the molecule is c1ccc2c(c1)N=C(SCC1CCCNC1)CS2. The van der Waals surface area contributed by atoms with Gasteiger partial charge in [-0.2, -0.15) is 0 Å². The standard InChI is InChI=1S/C14H18N2S2/c1-2-6-13-12(5-1)16-14(10-17-13)18-9-11-4-3-7-15-8-11/h1-2,5-6,11,15H,3-4,7-10H2. The molecule has 4 heteroatoms. The van der Waals surface area contributed by atoms with E-state index < -0.39 is 0 Å². The summed E-state index contributed by atoms with van der Waals surface area (Å²) in [4.78, 5) is 6.09. The molecule has 0 saturated carbocycles. The maximum atomic E-state index is 4.77. The minimum Gasteiger partial charge on any atom is -0.316 e. The molecule has 0 bridgehead atoms. The summed E-state index contributed by atoms with van der Waals surface area (Å²) in [7, 11) is 0. The molecule has 1 aromatic carbocycles. The number of piperidine rings is 1. The van der Waals surface area contributed by atoms with Gasteiger partial charge in [0.05, 0.1) is 10.7 Å². The fourth-order valence-electron chi connectivity index (χ4n) is 2.33. The minimum absolute atomic E-state index is 0.827. The molecule has 2 aliphatic rings. The van der Waals surface area contributed by atoms with Gasteiger partial charge in [0.15, 0.2) is 0 Å². The second-order valence-electron chi connectivity index (χ2n) is 4.79. The largest absolute Gasteiger partial charge is 0.316 e. The monoisotopic (exact) mass is 278 g/mol. The molecule has 3 rings (SSSR count). The highest BCUT2D eigenvalue weighted by atomic mass is 32.2. The van der Waals surface area contributed by atoms with E-state index >= 15 is 0 Å². The highest BCUT2D eigenvalue weighted by Crippen LogP contribution is 2.36. The van der Waals surface area contributed by atoms with Crippen LogP contribution in [0.4, 0.5) is 5.69 Å². The van der Waals surface area contributed by atoms with Gasteiger partial charge in [-0.3, -0.25) is 0 Å². The molecule has 0 radical (unpaired) electrons. The lowest BCUT2D eigenvalue weighted by Crippen LogP contribution is -2.31. The van der Waals surface area contributed by atoms with Crippen molar-refractivity contribution in [2.75, 3.05) is 24.6 Å². The molecule has 1 fully saturated rings. The van der Waals surface area contributed by atoms with E-state index in [1.165, 1.54) is 41.6 Å². The number of nitrogens with one attached hydrogen (secondary N) is 1. The fraction of sp³-hybridized carbons (Fsp3) is 0.500. The third-order valence-corrected chi connectivity index (χ3v) is 5.81. The minimum atomic E-state index is 0.827. The smallest absolute Gasteiger partial charge is 0.0842 e. The van der Waals surface area contributed by atoms with Crippen LogP contribution >= 0.6 is 23.5 Å². The van der Waals surface area contributed by atoms with E-state index in [2.05, 4.69) is 29.6 Å². The Morgan fingerprint density at radius 1 is 1.39 bits per heavy atom. The highest BCUT2D eigenvalue weighted by molar-refractivity contribution is 8.16. The van der Waals surface area contributed by atoms with E-state index in [-0.39, 0.29) is 0 Å². The van der Waals surface area contributed by atoms with E-state index in [0.29, 0.717) is 0 Å². The Hall–Kier alpha value is -0.450. The van der Waals surface area contributed by atoms with Crippen molar-refractivity contribution in [3.05, 3.63) is 24.3 Å². The van der Waals surface area contributed by atoms with Gasteiger partial charge in [0, 0.05) is 16.4 Å². The van der Waals surface area contributed by atoms with Crippen LogP contribution in [0.15, 0.2) is 34.2 Å². The van der Waals surface area contributed by atoms with E-state index in [1.807, 2.05) is 23.5 Å². The van der Waals surface area contributed by atoms with Crippen LogP contribution in [0, 0.1) is 5.92 Å². The summed E-state index contributed by atoms with van der Waals surface area (Å²) in [5.74, 6) is 3.09. The first kappa shape index (κ1) is 12.6. The lowest BCUT2D eigenvalue weighted by Gasteiger charge is -2.23. The van der Waals surface area contributed by atoms with Crippen molar-refractivity contribution in [2.45, 2.75) is 17.7 Å². The molecule has 2 aliphatic heterocycles. The molecular weight excluding hydrogens is 260 g/mol. The van der Waals surface area contributed by atoms with Crippen molar-refractivity contribution in [2.24, 2.45) is 10.9 Å². The van der Waals surface area contributed by atoms with Crippen LogP contribution in [-0.2, 0) is 0 Å². The van der Waals surface area contributed by atoms with Crippen molar-refractivity contribution in [3.63, 3.8) is 0 Å². The summed E-state index contributed by atoms with van der Waals surface area (Å²) in [6, 6.07) is 8.44. The van der Waals surface area contributed by atoms with Crippen LogP contribution in [0.25, 0.3) is 0 Å². The Morgan fingerprint density at radius 3 is 3.22 bits per heavy atom. The summed E-state index contributed by atoms with van der Waals surface area (Å²) >= 11 is 3.87. The Bertz CT molecular complexity index is 439. The van der Waals surface area contributed by atoms with Gasteiger partial charge in [-0.1, -0.05) is 12.1 Å². The molecule has 1 unspecified atom stereocenters. The molecule has 0 aromatic heterocycles. The number of aliphatic imine (C=N–C) groups is 1. The van der Waals surface area contributed by atoms with E-state index in [1.54, 1.807) is 0 Å². The summed E-state index contributed by atoms with van der Waals surface area (Å²) in [5.41, 5.74) is 1.15. The van der Waals surface area contributed by atoms with Crippen molar-refractivity contribution in [1.82, 2.24) is 5.32 Å². The maximum absolute atomic E-state index is 4.77. The van der Waals surface area contributed by atoms with Gasteiger partial charge in [0.1, 0.15) is 0 Å². The van der Waals surface area contributed by atoms with Crippen LogP contribution in [0.3, 0.4) is 0 Å². The molecular formula is C14H18N2S2. The number of para-hydroxylation sites is 1. The maximum Gasteiger partial charge on any atom is 0.0842 e. The number of benzene rings is 1. The Kier molecular flexibility index (Phi) is 4.28. The molecule has 0 amide bonds. The second-order valence-corrected chi connectivity index (χ2v) is 6.90. The van der Waals surface area contributed by atoms with Gasteiger partial charge in [-0.15, -0.1) is 23.5 Å². The zero-order valence-electron chi connectivity index (χ0n) is 10.4. The van der Waals surface area contributed by atoms with Gasteiger partial charge >= 0.3 is 0 Å². The van der Waals surface area contributed by atoms with Crippen molar-refractivity contribution >= 4 is 34.3 Å². The Balaban J connectivity index is 1.59. The summed E-state index contributed by atoms with van der Waals surface area (Å²) < 4.78 is 0. The van der Waals surface area contributed by atoms with E-state index in [4.69, 9.17) is 4.99 Å². The molecule has 0 spiro atoms. The van der Waals surface area contributed by atoms with E-state index in [0.717, 1.165) is 17.4 Å². The Labute approximate surface area is 117 Å². The van der Waals surface area contributed by atoms with Gasteiger partial charge in [0.25, 0.3) is 0 Å².